The Morgan fingerprint density at radius 3 is 2.50 bits per heavy atom. The lowest BCUT2D eigenvalue weighted by Crippen LogP contribution is -1.80. The number of benzene rings is 2. The third-order valence-electron chi connectivity index (χ3n) is 3.01. The number of H-pyrrole nitrogens is 1. The number of aromatic amines is 1. The Hall–Kier alpha value is -2.95. The monoisotopic (exact) mass is 262 g/mol. The minimum absolute atomic E-state index is 0.445. The Morgan fingerprint density at radius 1 is 0.850 bits per heavy atom. The summed E-state index contributed by atoms with van der Waals surface area (Å²) in [6.07, 6.45) is 0. The summed E-state index contributed by atoms with van der Waals surface area (Å²) in [5.41, 5.74) is 2.49. The van der Waals surface area contributed by atoms with Crippen LogP contribution in [0.1, 0.15) is 0 Å². The first-order chi connectivity index (χ1) is 9.90. The van der Waals surface area contributed by atoms with Crippen molar-refractivity contribution >= 4 is 11.1 Å². The second-order valence-electron chi connectivity index (χ2n) is 4.36. The smallest absolute Gasteiger partial charge is 0.265 e. The third kappa shape index (κ3) is 1.76. The number of rotatable bonds is 2. The molecule has 0 bridgehead atoms. The van der Waals surface area contributed by atoms with Gasteiger partial charge in [-0.3, -0.25) is 5.10 Å². The molecule has 0 saturated heterocycles. The highest BCUT2D eigenvalue weighted by Gasteiger charge is 2.13. The van der Waals surface area contributed by atoms with Gasteiger partial charge in [-0.2, -0.15) is 5.10 Å². The molecule has 2 heterocycles. The number of para-hydroxylation sites is 2. The van der Waals surface area contributed by atoms with Crippen LogP contribution in [0.3, 0.4) is 0 Å². The van der Waals surface area contributed by atoms with Gasteiger partial charge in [-0.25, -0.2) is 9.97 Å². The predicted molar refractivity (Wildman–Crippen MR) is 74.8 cm³/mol. The van der Waals surface area contributed by atoms with E-state index in [1.165, 1.54) is 0 Å². The molecule has 5 heteroatoms. The second-order valence-corrected chi connectivity index (χ2v) is 4.36. The summed E-state index contributed by atoms with van der Waals surface area (Å²) in [6.45, 7) is 0. The zero-order valence-electron chi connectivity index (χ0n) is 10.4. The van der Waals surface area contributed by atoms with Crippen LogP contribution < -0.4 is 0 Å². The number of aromatic nitrogens is 4. The van der Waals surface area contributed by atoms with E-state index in [2.05, 4.69) is 20.2 Å². The standard InChI is InChI=1S/C15H10N4O/c1-2-6-10(7-3-1)13-17-14(19-18-13)15-16-11-8-4-5-9-12(11)20-15/h1-9H,(H,17,18,19). The average molecular weight is 262 g/mol. The molecule has 0 fully saturated rings. The SMILES string of the molecule is c1ccc(-c2n[nH]c(-c3nc4ccccc4o3)n2)cc1. The van der Waals surface area contributed by atoms with Crippen molar-refractivity contribution in [2.75, 3.05) is 0 Å². The highest BCUT2D eigenvalue weighted by atomic mass is 16.3. The molecular formula is C15H10N4O. The summed E-state index contributed by atoms with van der Waals surface area (Å²) >= 11 is 0. The van der Waals surface area contributed by atoms with Crippen LogP contribution in [0.25, 0.3) is 34.2 Å². The van der Waals surface area contributed by atoms with Crippen molar-refractivity contribution in [1.29, 1.82) is 0 Å². The Balaban J connectivity index is 1.78. The molecule has 0 atom stereocenters. The number of nitrogens with one attached hydrogen (secondary N) is 1. The van der Waals surface area contributed by atoms with Crippen molar-refractivity contribution in [3.63, 3.8) is 0 Å². The highest BCUT2D eigenvalue weighted by Crippen LogP contribution is 2.23. The number of oxazole rings is 1. The molecule has 4 rings (SSSR count). The van der Waals surface area contributed by atoms with Crippen LogP contribution in [-0.2, 0) is 0 Å². The van der Waals surface area contributed by atoms with Crippen LogP contribution in [0.5, 0.6) is 0 Å². The summed E-state index contributed by atoms with van der Waals surface area (Å²) in [4.78, 5) is 8.81. The van der Waals surface area contributed by atoms with Gasteiger partial charge in [0.25, 0.3) is 5.89 Å². The quantitative estimate of drug-likeness (QED) is 0.602. The minimum atomic E-state index is 0.445. The number of nitrogens with zero attached hydrogens (tertiary/aromatic N) is 3. The van der Waals surface area contributed by atoms with Crippen LogP contribution >= 0.6 is 0 Å². The van der Waals surface area contributed by atoms with Crippen LogP contribution in [0.4, 0.5) is 0 Å². The van der Waals surface area contributed by atoms with Crippen molar-refractivity contribution in [3.8, 4) is 23.1 Å². The molecular weight excluding hydrogens is 252 g/mol. The minimum Gasteiger partial charge on any atom is -0.434 e. The molecule has 0 saturated carbocycles. The fraction of sp³-hybridized carbons (Fsp3) is 0. The van der Waals surface area contributed by atoms with Gasteiger partial charge in [0.2, 0.25) is 5.82 Å². The average Bonchev–Trinajstić information content (AvgIpc) is 3.14. The lowest BCUT2D eigenvalue weighted by Gasteiger charge is -1.91. The van der Waals surface area contributed by atoms with Crippen molar-refractivity contribution in [1.82, 2.24) is 20.2 Å². The van der Waals surface area contributed by atoms with Gasteiger partial charge >= 0.3 is 0 Å². The lowest BCUT2D eigenvalue weighted by molar-refractivity contribution is 0.613. The van der Waals surface area contributed by atoms with Gasteiger partial charge in [0, 0.05) is 5.56 Å². The van der Waals surface area contributed by atoms with Gasteiger partial charge in [0.15, 0.2) is 11.4 Å². The number of fused-ring (bicyclic) bond motifs is 1. The largest absolute Gasteiger partial charge is 0.434 e. The maximum atomic E-state index is 5.66. The summed E-state index contributed by atoms with van der Waals surface area (Å²) in [5, 5.41) is 7.06. The molecule has 1 N–H and O–H groups in total. The van der Waals surface area contributed by atoms with E-state index in [1.807, 2.05) is 54.6 Å². The van der Waals surface area contributed by atoms with Crippen molar-refractivity contribution in [3.05, 3.63) is 54.6 Å². The van der Waals surface area contributed by atoms with Crippen LogP contribution in [0, 0.1) is 0 Å². The molecule has 2 aromatic carbocycles. The van der Waals surface area contributed by atoms with E-state index in [0.717, 1.165) is 16.7 Å². The molecule has 0 amide bonds. The Morgan fingerprint density at radius 2 is 1.65 bits per heavy atom. The molecule has 96 valence electrons. The normalized spacial score (nSPS) is 11.0. The van der Waals surface area contributed by atoms with Crippen molar-refractivity contribution in [2.24, 2.45) is 0 Å². The predicted octanol–water partition coefficient (Wildman–Crippen LogP) is 3.28. The molecule has 4 aromatic rings. The summed E-state index contributed by atoms with van der Waals surface area (Å²) in [5.74, 6) is 1.60. The van der Waals surface area contributed by atoms with E-state index in [-0.39, 0.29) is 0 Å². The van der Waals surface area contributed by atoms with Crippen molar-refractivity contribution in [2.45, 2.75) is 0 Å². The Labute approximate surface area is 114 Å². The molecule has 0 unspecified atom stereocenters. The van der Waals surface area contributed by atoms with E-state index in [9.17, 15) is 0 Å². The fourth-order valence-corrected chi connectivity index (χ4v) is 2.05. The van der Waals surface area contributed by atoms with Crippen LogP contribution in [-0.4, -0.2) is 20.2 Å². The molecule has 0 aliphatic heterocycles. The third-order valence-corrected chi connectivity index (χ3v) is 3.01. The van der Waals surface area contributed by atoms with Gasteiger partial charge in [0.1, 0.15) is 5.52 Å². The van der Waals surface area contributed by atoms with Crippen molar-refractivity contribution < 1.29 is 4.42 Å². The zero-order chi connectivity index (χ0) is 13.4. The summed E-state index contributed by atoms with van der Waals surface area (Å²) < 4.78 is 5.66. The summed E-state index contributed by atoms with van der Waals surface area (Å²) in [7, 11) is 0. The van der Waals surface area contributed by atoms with E-state index in [4.69, 9.17) is 4.42 Å². The van der Waals surface area contributed by atoms with Gasteiger partial charge < -0.3 is 4.42 Å². The zero-order valence-corrected chi connectivity index (χ0v) is 10.4. The number of hydrogen-bond acceptors (Lipinski definition) is 4. The van der Waals surface area contributed by atoms with E-state index in [1.54, 1.807) is 0 Å². The molecule has 0 aliphatic rings. The van der Waals surface area contributed by atoms with Gasteiger partial charge in [-0.15, -0.1) is 0 Å². The molecule has 0 spiro atoms. The van der Waals surface area contributed by atoms with E-state index >= 15 is 0 Å². The Bertz CT molecular complexity index is 831. The highest BCUT2D eigenvalue weighted by molar-refractivity contribution is 5.75. The topological polar surface area (TPSA) is 67.6 Å². The molecule has 20 heavy (non-hydrogen) atoms. The fourth-order valence-electron chi connectivity index (χ4n) is 2.05. The van der Waals surface area contributed by atoms with Gasteiger partial charge in [-0.1, -0.05) is 42.5 Å². The maximum Gasteiger partial charge on any atom is 0.265 e. The second kappa shape index (κ2) is 4.31. The van der Waals surface area contributed by atoms with Gasteiger partial charge in [0.05, 0.1) is 0 Å². The Kier molecular flexibility index (Phi) is 2.35. The maximum absolute atomic E-state index is 5.66. The molecule has 0 radical (unpaired) electrons. The van der Waals surface area contributed by atoms with E-state index < -0.39 is 0 Å². The molecule has 0 aliphatic carbocycles. The molecule has 2 aromatic heterocycles. The van der Waals surface area contributed by atoms with E-state index in [0.29, 0.717) is 17.5 Å². The van der Waals surface area contributed by atoms with Crippen LogP contribution in [0.15, 0.2) is 59.0 Å². The number of hydrogen-bond donors (Lipinski definition) is 1. The lowest BCUT2D eigenvalue weighted by atomic mass is 10.2. The van der Waals surface area contributed by atoms with Crippen LogP contribution in [0.2, 0.25) is 0 Å². The van der Waals surface area contributed by atoms with Gasteiger partial charge in [-0.05, 0) is 12.1 Å². The molecule has 5 nitrogen and oxygen atoms in total. The first-order valence-corrected chi connectivity index (χ1v) is 6.24. The first kappa shape index (κ1) is 10.9. The summed E-state index contributed by atoms with van der Waals surface area (Å²) in [6, 6.07) is 17.4. The first-order valence-electron chi connectivity index (χ1n) is 6.24.